The van der Waals surface area contributed by atoms with Crippen LogP contribution in [0.5, 0.6) is 5.75 Å². The molecule has 8 heteroatoms. The Labute approximate surface area is 164 Å². The van der Waals surface area contributed by atoms with Gasteiger partial charge < -0.3 is 14.0 Å². The molecule has 2 heterocycles. The minimum absolute atomic E-state index is 0.0862. The molecule has 2 aromatic carbocycles. The van der Waals surface area contributed by atoms with Gasteiger partial charge >= 0.3 is 5.97 Å². The number of rotatable bonds is 5. The number of benzene rings is 2. The average molecular weight is 390 g/mol. The summed E-state index contributed by atoms with van der Waals surface area (Å²) < 4.78 is 11.1. The van der Waals surface area contributed by atoms with E-state index in [0.29, 0.717) is 28.5 Å². The summed E-state index contributed by atoms with van der Waals surface area (Å²) in [5.74, 6) is 0.570. The molecule has 0 saturated heterocycles. The van der Waals surface area contributed by atoms with Crippen LogP contribution in [0.25, 0.3) is 17.4 Å². The van der Waals surface area contributed by atoms with Gasteiger partial charge in [-0.15, -0.1) is 0 Å². The van der Waals surface area contributed by atoms with Crippen LogP contribution in [0, 0.1) is 10.1 Å². The van der Waals surface area contributed by atoms with Gasteiger partial charge in [0, 0.05) is 11.6 Å². The van der Waals surface area contributed by atoms with E-state index in [4.69, 9.17) is 14.0 Å². The Balaban J connectivity index is 1.69. The van der Waals surface area contributed by atoms with Crippen LogP contribution in [0.4, 0.5) is 5.69 Å². The Morgan fingerprint density at radius 3 is 2.62 bits per heavy atom. The molecular weight excluding hydrogens is 376 g/mol. The monoisotopic (exact) mass is 390 g/mol. The van der Waals surface area contributed by atoms with E-state index in [9.17, 15) is 14.9 Å². The smallest absolute Gasteiger partial charge is 0.368 e. The number of hydrogen-bond donors (Lipinski definition) is 0. The van der Waals surface area contributed by atoms with Crippen molar-refractivity contribution in [3.8, 4) is 17.1 Å². The Kier molecular flexibility index (Phi) is 4.66. The molecule has 29 heavy (non-hydrogen) atoms. The van der Waals surface area contributed by atoms with Crippen molar-refractivity contribution < 1.29 is 23.7 Å². The fraction of sp³-hybridized carbons (Fsp3) is 0.0476. The van der Waals surface area contributed by atoms with E-state index in [-0.39, 0.29) is 11.3 Å². The van der Waals surface area contributed by atoms with E-state index in [1.54, 1.807) is 24.3 Å². The molecule has 0 amide bonds. The second kappa shape index (κ2) is 7.43. The van der Waals surface area contributed by atoms with Gasteiger partial charge in [-0.2, -0.15) is 0 Å². The molecule has 0 N–H and O–H groups in total. The number of carbonyl (C=O) groups is 1. The second-order valence-corrected chi connectivity index (χ2v) is 6.09. The molecule has 1 aliphatic rings. The number of nitrogens with zero attached hydrogens (tertiary/aromatic N) is 2. The highest BCUT2D eigenvalue weighted by atomic mass is 16.7. The van der Waals surface area contributed by atoms with Gasteiger partial charge in [0.1, 0.15) is 23.0 Å². The van der Waals surface area contributed by atoms with E-state index in [0.717, 1.165) is 5.56 Å². The Bertz CT molecular complexity index is 1160. The molecule has 4 rings (SSSR count). The Morgan fingerprint density at radius 2 is 1.90 bits per heavy atom. The predicted molar refractivity (Wildman–Crippen MR) is 104 cm³/mol. The lowest BCUT2D eigenvalue weighted by Gasteiger charge is -2.05. The lowest BCUT2D eigenvalue weighted by molar-refractivity contribution is -0.384. The fourth-order valence-electron chi connectivity index (χ4n) is 2.93. The van der Waals surface area contributed by atoms with Crippen LogP contribution in [0.2, 0.25) is 0 Å². The zero-order valence-electron chi connectivity index (χ0n) is 15.2. The molecule has 0 atom stereocenters. The Hall–Kier alpha value is -4.20. The second-order valence-electron chi connectivity index (χ2n) is 6.09. The molecule has 0 saturated carbocycles. The zero-order chi connectivity index (χ0) is 20.4. The minimum Gasteiger partial charge on any atom is -0.496 e. The highest BCUT2D eigenvalue weighted by Gasteiger charge is 2.27. The summed E-state index contributed by atoms with van der Waals surface area (Å²) in [5.41, 5.74) is 1.90. The minimum atomic E-state index is -0.574. The largest absolute Gasteiger partial charge is 0.496 e. The van der Waals surface area contributed by atoms with Gasteiger partial charge in [0.15, 0.2) is 0 Å². The van der Waals surface area contributed by atoms with Crippen molar-refractivity contribution in [2.45, 2.75) is 0 Å². The summed E-state index contributed by atoms with van der Waals surface area (Å²) in [6.07, 6.45) is 1.54. The molecular formula is C21H14N2O6. The highest BCUT2D eigenvalue weighted by molar-refractivity contribution is 6.31. The third kappa shape index (κ3) is 3.51. The van der Waals surface area contributed by atoms with Crippen LogP contribution in [0.1, 0.15) is 11.3 Å². The van der Waals surface area contributed by atoms with E-state index in [2.05, 4.69) is 5.16 Å². The SMILES string of the molecule is COc1cc([N+](=O)[O-])ccc1-c1ccc(/C=C2/C(=O)ON=C2c2ccccc2)o1. The van der Waals surface area contributed by atoms with E-state index < -0.39 is 10.9 Å². The first-order valence-electron chi connectivity index (χ1n) is 8.56. The molecule has 1 aromatic heterocycles. The average Bonchev–Trinajstić information content (AvgIpc) is 3.35. The molecule has 0 fully saturated rings. The summed E-state index contributed by atoms with van der Waals surface area (Å²) >= 11 is 0. The topological polar surface area (TPSA) is 104 Å². The van der Waals surface area contributed by atoms with Crippen molar-refractivity contribution in [2.24, 2.45) is 5.16 Å². The number of nitro groups is 1. The van der Waals surface area contributed by atoms with Crippen LogP contribution >= 0.6 is 0 Å². The van der Waals surface area contributed by atoms with Crippen molar-refractivity contribution in [2.75, 3.05) is 7.11 Å². The van der Waals surface area contributed by atoms with Gasteiger partial charge in [0.05, 0.1) is 29.2 Å². The number of nitro benzene ring substituents is 1. The number of non-ortho nitro benzene ring substituents is 1. The number of furan rings is 1. The third-order valence-corrected chi connectivity index (χ3v) is 4.32. The van der Waals surface area contributed by atoms with Crippen molar-refractivity contribution >= 4 is 23.4 Å². The van der Waals surface area contributed by atoms with E-state index >= 15 is 0 Å². The zero-order valence-corrected chi connectivity index (χ0v) is 15.2. The lowest BCUT2D eigenvalue weighted by atomic mass is 10.0. The predicted octanol–water partition coefficient (Wildman–Crippen LogP) is 4.21. The number of methoxy groups -OCH3 is 1. The first kappa shape index (κ1) is 18.2. The molecule has 8 nitrogen and oxygen atoms in total. The fourth-order valence-corrected chi connectivity index (χ4v) is 2.93. The van der Waals surface area contributed by atoms with Gasteiger partial charge in [-0.3, -0.25) is 10.1 Å². The molecule has 3 aromatic rings. The van der Waals surface area contributed by atoms with Crippen molar-refractivity contribution in [1.29, 1.82) is 0 Å². The molecule has 144 valence electrons. The van der Waals surface area contributed by atoms with Crippen molar-refractivity contribution in [3.63, 3.8) is 0 Å². The summed E-state index contributed by atoms with van der Waals surface area (Å²) in [5, 5.41) is 14.8. The molecule has 0 spiro atoms. The maximum atomic E-state index is 12.1. The number of hydrogen-bond acceptors (Lipinski definition) is 7. The van der Waals surface area contributed by atoms with Gasteiger partial charge in [0.25, 0.3) is 5.69 Å². The molecule has 1 aliphatic heterocycles. The summed E-state index contributed by atoms with van der Waals surface area (Å²) in [7, 11) is 1.42. The molecule has 0 bridgehead atoms. The normalized spacial score (nSPS) is 14.6. The number of oxime groups is 1. The highest BCUT2D eigenvalue weighted by Crippen LogP contribution is 2.35. The first-order valence-corrected chi connectivity index (χ1v) is 8.56. The number of ether oxygens (including phenoxy) is 1. The quantitative estimate of drug-likeness (QED) is 0.280. The van der Waals surface area contributed by atoms with Crippen LogP contribution in [0.3, 0.4) is 0 Å². The van der Waals surface area contributed by atoms with Crippen LogP contribution in [-0.4, -0.2) is 23.7 Å². The first-order chi connectivity index (χ1) is 14.1. The summed E-state index contributed by atoms with van der Waals surface area (Å²) in [6, 6.07) is 16.8. The third-order valence-electron chi connectivity index (χ3n) is 4.32. The maximum Gasteiger partial charge on any atom is 0.368 e. The van der Waals surface area contributed by atoms with Crippen LogP contribution in [-0.2, 0) is 9.63 Å². The van der Waals surface area contributed by atoms with Gasteiger partial charge in [0.2, 0.25) is 0 Å². The van der Waals surface area contributed by atoms with Crippen molar-refractivity contribution in [3.05, 3.63) is 87.7 Å². The molecule has 0 aliphatic carbocycles. The van der Waals surface area contributed by atoms with Crippen LogP contribution in [0.15, 0.2) is 75.8 Å². The van der Waals surface area contributed by atoms with Gasteiger partial charge in [-0.1, -0.05) is 35.5 Å². The standard InChI is InChI=1S/C21H14N2O6/c1-27-19-11-14(23(25)26)7-9-16(19)18-10-8-15(28-18)12-17-20(22-29-21(17)24)13-5-3-2-4-6-13/h2-12H,1H3/b17-12+. The van der Waals surface area contributed by atoms with E-state index in [1.807, 2.05) is 30.3 Å². The Morgan fingerprint density at radius 1 is 1.10 bits per heavy atom. The molecule has 0 unspecified atom stereocenters. The molecule has 0 radical (unpaired) electrons. The van der Waals surface area contributed by atoms with E-state index in [1.165, 1.54) is 19.2 Å². The summed E-state index contributed by atoms with van der Waals surface area (Å²) in [6.45, 7) is 0. The van der Waals surface area contributed by atoms with Crippen molar-refractivity contribution in [1.82, 2.24) is 0 Å². The number of carbonyl (C=O) groups excluding carboxylic acids is 1. The van der Waals surface area contributed by atoms with Crippen LogP contribution < -0.4 is 4.74 Å². The summed E-state index contributed by atoms with van der Waals surface area (Å²) in [4.78, 5) is 27.4. The maximum absolute atomic E-state index is 12.1. The van der Waals surface area contributed by atoms with Gasteiger partial charge in [-0.05, 0) is 24.3 Å². The van der Waals surface area contributed by atoms with Gasteiger partial charge in [-0.25, -0.2) is 4.79 Å². The lowest BCUT2D eigenvalue weighted by Crippen LogP contribution is -2.06.